The molecular formula is C24H38O5. The quantitative estimate of drug-likeness (QED) is 0.255. The lowest BCUT2D eigenvalue weighted by Crippen LogP contribution is -2.12. The minimum absolute atomic E-state index is 0.225. The zero-order valence-electron chi connectivity index (χ0n) is 18.2. The lowest BCUT2D eigenvalue weighted by atomic mass is 9.93. The van der Waals surface area contributed by atoms with Crippen molar-refractivity contribution in [2.75, 3.05) is 26.9 Å². The number of esters is 2. The van der Waals surface area contributed by atoms with Crippen molar-refractivity contribution in [2.24, 2.45) is 0 Å². The number of carbonyl (C=O) groups excluding carboxylic acids is 2. The number of methoxy groups -OCH3 is 1. The molecule has 0 saturated heterocycles. The number of ether oxygens (including phenoxy) is 3. The number of benzene rings is 1. The molecule has 1 aromatic carbocycles. The van der Waals surface area contributed by atoms with E-state index in [-0.39, 0.29) is 24.8 Å². The standard InChI is InChI=1S/C24H38O5/c1-3-4-5-6-10-18-28-23(25)14-11-15-24(26)29-20-17-22(16-19-27-2)21-12-8-7-9-13-21/h7-9,12-13,22H,3-6,10-11,14-20H2,1-2H3. The van der Waals surface area contributed by atoms with E-state index < -0.39 is 0 Å². The zero-order chi connectivity index (χ0) is 21.2. The summed E-state index contributed by atoms with van der Waals surface area (Å²) in [6.45, 7) is 3.71. The Hall–Kier alpha value is -1.88. The van der Waals surface area contributed by atoms with Crippen LogP contribution in [0.15, 0.2) is 30.3 Å². The summed E-state index contributed by atoms with van der Waals surface area (Å²) in [5.74, 6) is -0.177. The lowest BCUT2D eigenvalue weighted by Gasteiger charge is -2.17. The molecule has 0 spiro atoms. The average molecular weight is 407 g/mol. The van der Waals surface area contributed by atoms with Crippen molar-refractivity contribution >= 4 is 11.9 Å². The van der Waals surface area contributed by atoms with Crippen LogP contribution in [0.2, 0.25) is 0 Å². The van der Waals surface area contributed by atoms with E-state index in [0.717, 1.165) is 25.7 Å². The molecular weight excluding hydrogens is 368 g/mol. The summed E-state index contributed by atoms with van der Waals surface area (Å²) in [7, 11) is 1.69. The molecule has 1 unspecified atom stereocenters. The molecule has 1 aromatic rings. The molecule has 0 bridgehead atoms. The first-order chi connectivity index (χ1) is 14.2. The summed E-state index contributed by atoms with van der Waals surface area (Å²) in [6, 6.07) is 10.2. The van der Waals surface area contributed by atoms with Gasteiger partial charge in [-0.2, -0.15) is 0 Å². The van der Waals surface area contributed by atoms with Gasteiger partial charge >= 0.3 is 11.9 Å². The third-order valence-corrected chi connectivity index (χ3v) is 4.94. The molecule has 1 atom stereocenters. The van der Waals surface area contributed by atoms with Crippen LogP contribution in [0.25, 0.3) is 0 Å². The number of rotatable bonds is 17. The molecule has 1 rings (SSSR count). The second-order valence-electron chi connectivity index (χ2n) is 7.39. The third kappa shape index (κ3) is 13.1. The normalized spacial score (nSPS) is 11.8. The Balaban J connectivity index is 2.13. The van der Waals surface area contributed by atoms with Crippen molar-refractivity contribution in [3.05, 3.63) is 35.9 Å². The van der Waals surface area contributed by atoms with Crippen molar-refractivity contribution in [3.63, 3.8) is 0 Å². The number of hydrogen-bond acceptors (Lipinski definition) is 5. The van der Waals surface area contributed by atoms with Crippen LogP contribution < -0.4 is 0 Å². The summed E-state index contributed by atoms with van der Waals surface area (Å²) >= 11 is 0. The van der Waals surface area contributed by atoms with Crippen molar-refractivity contribution in [2.45, 2.75) is 77.0 Å². The second kappa shape index (κ2) is 17.0. The van der Waals surface area contributed by atoms with Crippen molar-refractivity contribution in [3.8, 4) is 0 Å². The number of carbonyl (C=O) groups is 2. The molecule has 0 N–H and O–H groups in total. The van der Waals surface area contributed by atoms with E-state index in [1.165, 1.54) is 24.8 Å². The van der Waals surface area contributed by atoms with E-state index in [4.69, 9.17) is 14.2 Å². The fourth-order valence-corrected chi connectivity index (χ4v) is 3.19. The number of hydrogen-bond donors (Lipinski definition) is 0. The van der Waals surface area contributed by atoms with E-state index in [0.29, 0.717) is 32.2 Å². The Bertz CT molecular complexity index is 543. The predicted octanol–water partition coefficient (Wildman–Crippen LogP) is 5.42. The summed E-state index contributed by atoms with van der Waals surface area (Å²) in [6.07, 6.45) is 8.28. The molecule has 0 fully saturated rings. The second-order valence-corrected chi connectivity index (χ2v) is 7.39. The molecule has 0 aliphatic carbocycles. The smallest absolute Gasteiger partial charge is 0.305 e. The van der Waals surface area contributed by atoms with Gasteiger partial charge in [0, 0.05) is 26.6 Å². The predicted molar refractivity (Wildman–Crippen MR) is 115 cm³/mol. The Morgan fingerprint density at radius 1 is 0.793 bits per heavy atom. The third-order valence-electron chi connectivity index (χ3n) is 4.94. The monoisotopic (exact) mass is 406 g/mol. The number of unbranched alkanes of at least 4 members (excludes halogenated alkanes) is 4. The van der Waals surface area contributed by atoms with Gasteiger partial charge in [0.2, 0.25) is 0 Å². The molecule has 0 amide bonds. The highest BCUT2D eigenvalue weighted by atomic mass is 16.5. The molecule has 29 heavy (non-hydrogen) atoms. The van der Waals surface area contributed by atoms with Crippen LogP contribution in [0.3, 0.4) is 0 Å². The molecule has 0 aliphatic rings. The van der Waals surface area contributed by atoms with Gasteiger partial charge in [-0.1, -0.05) is 62.9 Å². The molecule has 0 aliphatic heterocycles. The van der Waals surface area contributed by atoms with E-state index >= 15 is 0 Å². The van der Waals surface area contributed by atoms with Gasteiger partial charge in [0.15, 0.2) is 0 Å². The topological polar surface area (TPSA) is 61.8 Å². The van der Waals surface area contributed by atoms with E-state index in [2.05, 4.69) is 19.1 Å². The highest BCUT2D eigenvalue weighted by Crippen LogP contribution is 2.23. The van der Waals surface area contributed by atoms with Gasteiger partial charge < -0.3 is 14.2 Å². The Morgan fingerprint density at radius 3 is 2.07 bits per heavy atom. The summed E-state index contributed by atoms with van der Waals surface area (Å²) in [5, 5.41) is 0. The van der Waals surface area contributed by atoms with Gasteiger partial charge in [0.05, 0.1) is 13.2 Å². The molecule has 0 radical (unpaired) electrons. The van der Waals surface area contributed by atoms with Gasteiger partial charge in [-0.25, -0.2) is 0 Å². The average Bonchev–Trinajstić information content (AvgIpc) is 2.73. The Morgan fingerprint density at radius 2 is 1.41 bits per heavy atom. The molecule has 0 saturated carbocycles. The van der Waals surface area contributed by atoms with E-state index in [1.54, 1.807) is 7.11 Å². The van der Waals surface area contributed by atoms with E-state index in [9.17, 15) is 9.59 Å². The van der Waals surface area contributed by atoms with Crippen LogP contribution in [0.4, 0.5) is 0 Å². The maximum Gasteiger partial charge on any atom is 0.305 e. The molecule has 164 valence electrons. The largest absolute Gasteiger partial charge is 0.466 e. The minimum Gasteiger partial charge on any atom is -0.466 e. The first-order valence-corrected chi connectivity index (χ1v) is 11.0. The lowest BCUT2D eigenvalue weighted by molar-refractivity contribution is -0.145. The van der Waals surface area contributed by atoms with Crippen LogP contribution in [0.1, 0.15) is 82.6 Å². The van der Waals surface area contributed by atoms with Gasteiger partial charge in [0.25, 0.3) is 0 Å². The highest BCUT2D eigenvalue weighted by Gasteiger charge is 2.13. The summed E-state index contributed by atoms with van der Waals surface area (Å²) in [4.78, 5) is 23.6. The fraction of sp³-hybridized carbons (Fsp3) is 0.667. The van der Waals surface area contributed by atoms with E-state index in [1.807, 2.05) is 18.2 Å². The van der Waals surface area contributed by atoms with Crippen LogP contribution >= 0.6 is 0 Å². The zero-order valence-corrected chi connectivity index (χ0v) is 18.2. The highest BCUT2D eigenvalue weighted by molar-refractivity contribution is 5.72. The van der Waals surface area contributed by atoms with Crippen LogP contribution in [-0.4, -0.2) is 38.9 Å². The van der Waals surface area contributed by atoms with Crippen molar-refractivity contribution in [1.82, 2.24) is 0 Å². The Labute approximate surface area is 176 Å². The summed E-state index contributed by atoms with van der Waals surface area (Å²) < 4.78 is 15.8. The molecule has 5 nitrogen and oxygen atoms in total. The van der Waals surface area contributed by atoms with Crippen LogP contribution in [-0.2, 0) is 23.8 Å². The molecule has 0 heterocycles. The minimum atomic E-state index is -0.254. The van der Waals surface area contributed by atoms with Crippen molar-refractivity contribution in [1.29, 1.82) is 0 Å². The first-order valence-electron chi connectivity index (χ1n) is 11.0. The van der Waals surface area contributed by atoms with Gasteiger partial charge in [-0.3, -0.25) is 9.59 Å². The van der Waals surface area contributed by atoms with Crippen molar-refractivity contribution < 1.29 is 23.8 Å². The van der Waals surface area contributed by atoms with Crippen LogP contribution in [0, 0.1) is 0 Å². The first kappa shape index (κ1) is 25.2. The maximum atomic E-state index is 11.9. The summed E-state index contributed by atoms with van der Waals surface area (Å²) in [5.41, 5.74) is 1.23. The Kier molecular flexibility index (Phi) is 14.8. The fourth-order valence-electron chi connectivity index (χ4n) is 3.19. The molecule has 0 aromatic heterocycles. The molecule has 5 heteroatoms. The maximum absolute atomic E-state index is 11.9. The van der Waals surface area contributed by atoms with Crippen LogP contribution in [0.5, 0.6) is 0 Å². The van der Waals surface area contributed by atoms with Gasteiger partial charge in [-0.15, -0.1) is 0 Å². The van der Waals surface area contributed by atoms with Gasteiger partial charge in [-0.05, 0) is 37.2 Å². The SMILES string of the molecule is CCCCCCCOC(=O)CCCC(=O)OCCC(CCOC)c1ccccc1. The van der Waals surface area contributed by atoms with Gasteiger partial charge in [0.1, 0.15) is 0 Å².